The molecule has 0 aliphatic carbocycles. The zero-order valence-electron chi connectivity index (χ0n) is 16.4. The minimum Gasteiger partial charge on any atom is -0.352 e. The minimum absolute atomic E-state index is 0.0823. The maximum atomic E-state index is 13.1. The lowest BCUT2D eigenvalue weighted by atomic mass is 10.0. The molecular weight excluding hydrogens is 431 g/mol. The van der Waals surface area contributed by atoms with Gasteiger partial charge in [-0.3, -0.25) is 9.59 Å². The highest BCUT2D eigenvalue weighted by Gasteiger charge is 2.34. The van der Waals surface area contributed by atoms with Crippen LogP contribution in [0.25, 0.3) is 0 Å². The summed E-state index contributed by atoms with van der Waals surface area (Å²) in [6.45, 7) is 4.54. The Kier molecular flexibility index (Phi) is 7.38. The molecule has 1 fully saturated rings. The van der Waals surface area contributed by atoms with Crippen molar-refractivity contribution >= 4 is 57.2 Å². The smallest absolute Gasteiger partial charge is 0.274 e. The summed E-state index contributed by atoms with van der Waals surface area (Å²) in [7, 11) is 0. The van der Waals surface area contributed by atoms with E-state index in [1.807, 2.05) is 13.8 Å². The van der Waals surface area contributed by atoms with E-state index in [0.29, 0.717) is 39.5 Å². The van der Waals surface area contributed by atoms with Crippen molar-refractivity contribution in [1.82, 2.24) is 15.2 Å². The third-order valence-corrected chi connectivity index (χ3v) is 6.56. The van der Waals surface area contributed by atoms with Crippen molar-refractivity contribution in [2.45, 2.75) is 51.6 Å². The van der Waals surface area contributed by atoms with Gasteiger partial charge in [0.25, 0.3) is 5.91 Å². The highest BCUT2D eigenvalue weighted by atomic mass is 35.5. The van der Waals surface area contributed by atoms with E-state index in [2.05, 4.69) is 15.6 Å². The van der Waals surface area contributed by atoms with E-state index in [1.54, 1.807) is 28.5 Å². The van der Waals surface area contributed by atoms with E-state index in [1.165, 1.54) is 11.3 Å². The molecule has 2 aromatic rings. The summed E-state index contributed by atoms with van der Waals surface area (Å²) in [5.74, 6) is -0.317. The van der Waals surface area contributed by atoms with Gasteiger partial charge in [0.1, 0.15) is 11.7 Å². The zero-order chi connectivity index (χ0) is 21.0. The van der Waals surface area contributed by atoms with Gasteiger partial charge < -0.3 is 15.5 Å². The first-order chi connectivity index (χ1) is 13.9. The summed E-state index contributed by atoms with van der Waals surface area (Å²) in [4.78, 5) is 31.8. The maximum absolute atomic E-state index is 13.1. The van der Waals surface area contributed by atoms with Gasteiger partial charge in [0.05, 0.1) is 15.7 Å². The molecule has 0 radical (unpaired) electrons. The maximum Gasteiger partial charge on any atom is 0.274 e. The second-order valence-corrected chi connectivity index (χ2v) is 8.74. The quantitative estimate of drug-likeness (QED) is 0.636. The number of carbonyl (C=O) groups is 2. The van der Waals surface area contributed by atoms with Crippen LogP contribution in [0.2, 0.25) is 10.0 Å². The number of halogens is 2. The molecule has 156 valence electrons. The van der Waals surface area contributed by atoms with Crippen molar-refractivity contribution in [2.24, 2.45) is 0 Å². The number of amides is 2. The third-order valence-electron chi connectivity index (χ3n) is 4.98. The van der Waals surface area contributed by atoms with E-state index < -0.39 is 6.04 Å². The fourth-order valence-electron chi connectivity index (χ4n) is 3.18. The fraction of sp³-hybridized carbons (Fsp3) is 0.450. The van der Waals surface area contributed by atoms with Crippen LogP contribution in [0.5, 0.6) is 0 Å². The number of piperidine rings is 1. The van der Waals surface area contributed by atoms with Crippen molar-refractivity contribution in [1.29, 1.82) is 0 Å². The summed E-state index contributed by atoms with van der Waals surface area (Å²) in [6, 6.07) is 4.90. The normalized spacial score (nSPS) is 17.7. The first-order valence-electron chi connectivity index (χ1n) is 9.68. The van der Waals surface area contributed by atoms with Crippen molar-refractivity contribution in [3.8, 4) is 0 Å². The Morgan fingerprint density at radius 1 is 1.34 bits per heavy atom. The van der Waals surface area contributed by atoms with E-state index >= 15 is 0 Å². The lowest BCUT2D eigenvalue weighted by molar-refractivity contribution is -0.127. The highest BCUT2D eigenvalue weighted by molar-refractivity contribution is 7.14. The van der Waals surface area contributed by atoms with Gasteiger partial charge >= 0.3 is 0 Å². The Labute approximate surface area is 184 Å². The minimum atomic E-state index is -0.453. The molecule has 2 N–H and O–H groups in total. The summed E-state index contributed by atoms with van der Waals surface area (Å²) < 4.78 is 0. The lowest BCUT2D eigenvalue weighted by Gasteiger charge is -2.34. The molecule has 1 aromatic carbocycles. The van der Waals surface area contributed by atoms with Crippen molar-refractivity contribution < 1.29 is 9.59 Å². The monoisotopic (exact) mass is 454 g/mol. The van der Waals surface area contributed by atoms with Crippen LogP contribution in [-0.2, 0) is 4.79 Å². The van der Waals surface area contributed by atoms with Crippen molar-refractivity contribution in [2.75, 3.05) is 11.9 Å². The van der Waals surface area contributed by atoms with Crippen LogP contribution in [-0.4, -0.2) is 40.3 Å². The number of carbonyl (C=O) groups excluding carboxylic acids is 2. The lowest BCUT2D eigenvalue weighted by Crippen LogP contribution is -2.53. The summed E-state index contributed by atoms with van der Waals surface area (Å²) in [6.07, 6.45) is 3.33. The largest absolute Gasteiger partial charge is 0.352 e. The molecule has 0 spiro atoms. The van der Waals surface area contributed by atoms with E-state index in [0.717, 1.165) is 19.3 Å². The molecule has 0 bridgehead atoms. The zero-order valence-corrected chi connectivity index (χ0v) is 18.7. The molecular formula is C20H24Cl2N4O2S. The Morgan fingerprint density at radius 3 is 2.90 bits per heavy atom. The van der Waals surface area contributed by atoms with Crippen molar-refractivity contribution in [3.05, 3.63) is 39.3 Å². The average Bonchev–Trinajstić information content (AvgIpc) is 3.19. The fourth-order valence-corrected chi connectivity index (χ4v) is 4.22. The van der Waals surface area contributed by atoms with E-state index in [9.17, 15) is 9.59 Å². The highest BCUT2D eigenvalue weighted by Crippen LogP contribution is 2.33. The Hall–Kier alpha value is -1.83. The molecule has 3 rings (SSSR count). The van der Waals surface area contributed by atoms with Gasteiger partial charge in [0.15, 0.2) is 5.13 Å². The van der Waals surface area contributed by atoms with Gasteiger partial charge in [0, 0.05) is 18.0 Å². The van der Waals surface area contributed by atoms with Crippen LogP contribution in [0.4, 0.5) is 10.8 Å². The number of hydrogen-bond donors (Lipinski definition) is 2. The standard InChI is InChI=1S/C20H24Cl2N4O2S/c1-3-12(2)23-18(27)16-9-4-5-10-26(16)19(28)15-11-29-20(25-15)24-14-8-6-7-13(21)17(14)22/h6-8,11-12,16H,3-5,9-10H2,1-2H3,(H,23,27)(H,24,25)/t12-,16+/m0/s1. The van der Waals surface area contributed by atoms with Gasteiger partial charge in [-0.25, -0.2) is 4.98 Å². The van der Waals surface area contributed by atoms with Gasteiger partial charge in [-0.05, 0) is 44.7 Å². The number of anilines is 2. The van der Waals surface area contributed by atoms with Crippen LogP contribution < -0.4 is 10.6 Å². The van der Waals surface area contributed by atoms with Gasteiger partial charge in [-0.1, -0.05) is 36.2 Å². The van der Waals surface area contributed by atoms with Crippen LogP contribution in [0.3, 0.4) is 0 Å². The number of rotatable bonds is 6. The number of aromatic nitrogens is 1. The Morgan fingerprint density at radius 2 is 2.14 bits per heavy atom. The second-order valence-electron chi connectivity index (χ2n) is 7.09. The predicted molar refractivity (Wildman–Crippen MR) is 118 cm³/mol. The van der Waals surface area contributed by atoms with Gasteiger partial charge in [-0.2, -0.15) is 0 Å². The van der Waals surface area contributed by atoms with E-state index in [4.69, 9.17) is 23.2 Å². The summed E-state index contributed by atoms with van der Waals surface area (Å²) in [5, 5.41) is 9.16. The molecule has 2 amide bonds. The molecule has 2 heterocycles. The molecule has 1 aromatic heterocycles. The topological polar surface area (TPSA) is 74.3 Å². The molecule has 1 aliphatic rings. The third kappa shape index (κ3) is 5.21. The Balaban J connectivity index is 1.73. The number of nitrogens with zero attached hydrogens (tertiary/aromatic N) is 2. The number of likely N-dealkylation sites (tertiary alicyclic amines) is 1. The molecule has 29 heavy (non-hydrogen) atoms. The van der Waals surface area contributed by atoms with Gasteiger partial charge in [0.2, 0.25) is 5.91 Å². The molecule has 9 heteroatoms. The summed E-state index contributed by atoms with van der Waals surface area (Å²) in [5.41, 5.74) is 0.940. The van der Waals surface area contributed by atoms with Gasteiger partial charge in [-0.15, -0.1) is 11.3 Å². The molecule has 1 aliphatic heterocycles. The number of nitrogens with one attached hydrogen (secondary N) is 2. The van der Waals surface area contributed by atoms with Crippen LogP contribution >= 0.6 is 34.5 Å². The average molecular weight is 455 g/mol. The van der Waals surface area contributed by atoms with Crippen LogP contribution in [0, 0.1) is 0 Å². The van der Waals surface area contributed by atoms with Crippen LogP contribution in [0.1, 0.15) is 50.0 Å². The number of benzene rings is 1. The predicted octanol–water partition coefficient (Wildman–Crippen LogP) is 5.10. The molecule has 6 nitrogen and oxygen atoms in total. The van der Waals surface area contributed by atoms with Crippen molar-refractivity contribution in [3.63, 3.8) is 0 Å². The second kappa shape index (κ2) is 9.78. The molecule has 0 unspecified atom stereocenters. The molecule has 1 saturated heterocycles. The number of hydrogen-bond acceptors (Lipinski definition) is 5. The van der Waals surface area contributed by atoms with Crippen LogP contribution in [0.15, 0.2) is 23.6 Å². The number of thiazole rings is 1. The Bertz CT molecular complexity index is 889. The molecule has 0 saturated carbocycles. The molecule has 2 atom stereocenters. The first kappa shape index (κ1) is 21.9. The first-order valence-corrected chi connectivity index (χ1v) is 11.3. The SMILES string of the molecule is CC[C@H](C)NC(=O)[C@H]1CCCCN1C(=O)c1csc(Nc2cccc(Cl)c2Cl)n1. The summed E-state index contributed by atoms with van der Waals surface area (Å²) >= 11 is 13.5. The van der Waals surface area contributed by atoms with E-state index in [-0.39, 0.29) is 17.9 Å².